The molecule has 1 aliphatic heterocycles. The fourth-order valence-corrected chi connectivity index (χ4v) is 3.87. The molecule has 0 spiro atoms. The number of hydrogen-bond acceptors (Lipinski definition) is 6. The van der Waals surface area contributed by atoms with Crippen LogP contribution in [0.5, 0.6) is 0 Å². The minimum absolute atomic E-state index is 0.0410. The Morgan fingerprint density at radius 1 is 1.36 bits per heavy atom. The zero-order valence-electron chi connectivity index (χ0n) is 15.5. The van der Waals surface area contributed by atoms with Crippen LogP contribution in [0, 0.1) is 6.92 Å². The molecular weight excluding hydrogens is 419 g/mol. The molecule has 6 nitrogen and oxygen atoms in total. The van der Waals surface area contributed by atoms with Gasteiger partial charge in [0.1, 0.15) is 0 Å². The van der Waals surface area contributed by atoms with Crippen LogP contribution >= 0.6 is 35.0 Å². The van der Waals surface area contributed by atoms with Crippen LogP contribution in [0.2, 0.25) is 10.0 Å². The molecular formula is C19H22Cl2N4O2S. The van der Waals surface area contributed by atoms with Gasteiger partial charge in [-0.05, 0) is 30.7 Å². The molecule has 1 aliphatic rings. The number of morpholine rings is 1. The molecule has 1 unspecified atom stereocenters. The zero-order chi connectivity index (χ0) is 19.9. The molecule has 1 fully saturated rings. The number of rotatable bonds is 7. The molecule has 2 aromatic rings. The summed E-state index contributed by atoms with van der Waals surface area (Å²) >= 11 is 13.4. The van der Waals surface area contributed by atoms with Gasteiger partial charge in [-0.3, -0.25) is 9.69 Å². The molecule has 150 valence electrons. The molecule has 9 heteroatoms. The highest BCUT2D eigenvalue weighted by molar-refractivity contribution is 7.99. The van der Waals surface area contributed by atoms with Gasteiger partial charge < -0.3 is 10.1 Å². The van der Waals surface area contributed by atoms with Gasteiger partial charge in [-0.2, -0.15) is 0 Å². The molecule has 0 radical (unpaired) electrons. The van der Waals surface area contributed by atoms with Gasteiger partial charge in [-0.25, -0.2) is 9.97 Å². The number of carbonyl (C=O) groups excluding carboxylic acids is 1. The highest BCUT2D eigenvalue weighted by Gasteiger charge is 2.21. The van der Waals surface area contributed by atoms with E-state index in [0.29, 0.717) is 28.4 Å². The molecule has 0 bridgehead atoms. The Kier molecular flexibility index (Phi) is 7.93. The van der Waals surface area contributed by atoms with Crippen molar-refractivity contribution in [3.8, 4) is 0 Å². The van der Waals surface area contributed by atoms with E-state index in [0.717, 1.165) is 30.9 Å². The van der Waals surface area contributed by atoms with Crippen LogP contribution in [0.3, 0.4) is 0 Å². The molecule has 1 amide bonds. The summed E-state index contributed by atoms with van der Waals surface area (Å²) in [7, 11) is 0. The van der Waals surface area contributed by atoms with Gasteiger partial charge in [-0.15, -0.1) is 0 Å². The third kappa shape index (κ3) is 6.60. The average molecular weight is 441 g/mol. The molecule has 1 aromatic carbocycles. The predicted molar refractivity (Wildman–Crippen MR) is 112 cm³/mol. The minimum atomic E-state index is -0.0553. The van der Waals surface area contributed by atoms with Crippen LogP contribution in [-0.4, -0.2) is 58.9 Å². The van der Waals surface area contributed by atoms with Crippen molar-refractivity contribution in [3.63, 3.8) is 0 Å². The third-order valence-corrected chi connectivity index (χ3v) is 5.85. The number of halogens is 2. The molecule has 3 rings (SSSR count). The zero-order valence-corrected chi connectivity index (χ0v) is 17.9. The predicted octanol–water partition coefficient (Wildman–Crippen LogP) is 3.20. The fourth-order valence-electron chi connectivity index (χ4n) is 2.85. The van der Waals surface area contributed by atoms with Crippen LogP contribution in [0.1, 0.15) is 11.3 Å². The number of nitrogens with one attached hydrogen (secondary N) is 1. The van der Waals surface area contributed by atoms with E-state index < -0.39 is 0 Å². The van der Waals surface area contributed by atoms with Crippen LogP contribution in [0.15, 0.2) is 35.6 Å². The lowest BCUT2D eigenvalue weighted by molar-refractivity contribution is -0.119. The number of thioether (sulfide) groups is 1. The number of aryl methyl sites for hydroxylation is 1. The number of nitrogens with zero attached hydrogens (tertiary/aromatic N) is 3. The summed E-state index contributed by atoms with van der Waals surface area (Å²) in [6, 6.07) is 7.51. The Hall–Kier alpha value is -1.38. The average Bonchev–Trinajstić information content (AvgIpc) is 2.68. The molecule has 1 atom stereocenters. The van der Waals surface area contributed by atoms with Gasteiger partial charge in [-0.1, -0.05) is 41.0 Å². The van der Waals surface area contributed by atoms with Crippen LogP contribution in [-0.2, 0) is 16.1 Å². The standard InChI is InChI=1S/C19H22Cl2N4O2S/c1-13-4-5-22-19(24-13)28-12-18(26)23-9-15-11-25(6-7-27-15)10-14-2-3-16(20)17(21)8-14/h2-5,8,15H,6-7,9-12H2,1H3,(H,23,26). The Bertz CT molecular complexity index is 824. The molecule has 0 saturated carbocycles. The van der Waals surface area contributed by atoms with Crippen molar-refractivity contribution in [3.05, 3.63) is 51.8 Å². The topological polar surface area (TPSA) is 67.4 Å². The number of carbonyl (C=O) groups is 1. The Labute approximate surface area is 179 Å². The number of aromatic nitrogens is 2. The largest absolute Gasteiger partial charge is 0.374 e. The lowest BCUT2D eigenvalue weighted by Crippen LogP contribution is -2.47. The lowest BCUT2D eigenvalue weighted by atomic mass is 10.2. The maximum Gasteiger partial charge on any atom is 0.230 e. The fraction of sp³-hybridized carbons (Fsp3) is 0.421. The maximum absolute atomic E-state index is 12.1. The Morgan fingerprint density at radius 2 is 2.21 bits per heavy atom. The second kappa shape index (κ2) is 10.4. The summed E-state index contributed by atoms with van der Waals surface area (Å²) in [5.74, 6) is 0.226. The first-order valence-electron chi connectivity index (χ1n) is 8.96. The lowest BCUT2D eigenvalue weighted by Gasteiger charge is -2.33. The van der Waals surface area contributed by atoms with Crippen molar-refractivity contribution >= 4 is 40.9 Å². The van der Waals surface area contributed by atoms with E-state index in [2.05, 4.69) is 20.2 Å². The van der Waals surface area contributed by atoms with E-state index in [1.54, 1.807) is 6.20 Å². The van der Waals surface area contributed by atoms with E-state index in [1.165, 1.54) is 11.8 Å². The van der Waals surface area contributed by atoms with E-state index >= 15 is 0 Å². The summed E-state index contributed by atoms with van der Waals surface area (Å²) in [4.78, 5) is 22.8. The molecule has 1 N–H and O–H groups in total. The van der Waals surface area contributed by atoms with Gasteiger partial charge >= 0.3 is 0 Å². The number of hydrogen-bond donors (Lipinski definition) is 1. The van der Waals surface area contributed by atoms with Gasteiger partial charge in [0, 0.05) is 38.1 Å². The quantitative estimate of drug-likeness (QED) is 0.526. The van der Waals surface area contributed by atoms with Crippen molar-refractivity contribution in [2.24, 2.45) is 0 Å². The SMILES string of the molecule is Cc1ccnc(SCC(=O)NCC2CN(Cc3ccc(Cl)c(Cl)c3)CCO2)n1. The molecule has 1 saturated heterocycles. The van der Waals surface area contributed by atoms with E-state index in [1.807, 2.05) is 31.2 Å². The van der Waals surface area contributed by atoms with Crippen molar-refractivity contribution in [1.82, 2.24) is 20.2 Å². The van der Waals surface area contributed by atoms with Crippen LogP contribution in [0.4, 0.5) is 0 Å². The molecule has 1 aromatic heterocycles. The van der Waals surface area contributed by atoms with Crippen LogP contribution < -0.4 is 5.32 Å². The molecule has 28 heavy (non-hydrogen) atoms. The first-order chi connectivity index (χ1) is 13.5. The number of amides is 1. The summed E-state index contributed by atoms with van der Waals surface area (Å²) in [5.41, 5.74) is 1.99. The van der Waals surface area contributed by atoms with Gasteiger partial charge in [0.15, 0.2) is 5.16 Å². The highest BCUT2D eigenvalue weighted by Crippen LogP contribution is 2.23. The monoisotopic (exact) mass is 440 g/mol. The first-order valence-corrected chi connectivity index (χ1v) is 10.7. The minimum Gasteiger partial charge on any atom is -0.374 e. The van der Waals surface area contributed by atoms with E-state index in [4.69, 9.17) is 27.9 Å². The van der Waals surface area contributed by atoms with Crippen molar-refractivity contribution in [1.29, 1.82) is 0 Å². The summed E-state index contributed by atoms with van der Waals surface area (Å²) < 4.78 is 5.78. The number of ether oxygens (including phenoxy) is 1. The van der Waals surface area contributed by atoms with Crippen molar-refractivity contribution in [2.45, 2.75) is 24.7 Å². The summed E-state index contributed by atoms with van der Waals surface area (Å²) in [6.07, 6.45) is 1.65. The van der Waals surface area contributed by atoms with E-state index in [9.17, 15) is 4.79 Å². The third-order valence-electron chi connectivity index (χ3n) is 4.25. The van der Waals surface area contributed by atoms with Crippen molar-refractivity contribution < 1.29 is 9.53 Å². The van der Waals surface area contributed by atoms with Gasteiger partial charge in [0.25, 0.3) is 0 Å². The summed E-state index contributed by atoms with van der Waals surface area (Å²) in [5, 5.41) is 4.66. The second-order valence-electron chi connectivity index (χ2n) is 6.55. The summed E-state index contributed by atoms with van der Waals surface area (Å²) in [6.45, 7) is 5.36. The Morgan fingerprint density at radius 3 is 3.00 bits per heavy atom. The maximum atomic E-state index is 12.1. The second-order valence-corrected chi connectivity index (χ2v) is 8.31. The van der Waals surface area contributed by atoms with Crippen molar-refractivity contribution in [2.75, 3.05) is 32.0 Å². The van der Waals surface area contributed by atoms with Crippen LogP contribution in [0.25, 0.3) is 0 Å². The molecule has 0 aliphatic carbocycles. The van der Waals surface area contributed by atoms with Gasteiger partial charge in [0.05, 0.1) is 28.5 Å². The smallest absolute Gasteiger partial charge is 0.230 e. The van der Waals surface area contributed by atoms with E-state index in [-0.39, 0.29) is 17.8 Å². The number of benzene rings is 1. The molecule has 2 heterocycles. The Balaban J connectivity index is 1.41. The highest BCUT2D eigenvalue weighted by atomic mass is 35.5. The normalized spacial score (nSPS) is 17.5. The van der Waals surface area contributed by atoms with Gasteiger partial charge in [0.2, 0.25) is 5.91 Å². The first kappa shape index (κ1) is 21.3.